The molecule has 2 heterocycles. The Kier molecular flexibility index (Phi) is 4.13. The zero-order valence-electron chi connectivity index (χ0n) is 14.3. The topological polar surface area (TPSA) is 45.2 Å². The molecular weight excluding hydrogens is 329 g/mol. The maximum atomic E-state index is 13.3. The van der Waals surface area contributed by atoms with Gasteiger partial charge in [-0.3, -0.25) is 4.79 Å². The number of hydrogen-bond donors (Lipinski definition) is 1. The standard InChI is InChI=1S/C21H18FN3O/c1-14-11-15-5-2-3-8-19(15)25(14)20-10-9-18(13-23-20)24-21(26)16-6-4-7-17(22)12-16/h2-10,12-14H,11H2,1H3,(H,24,26). The van der Waals surface area contributed by atoms with Crippen molar-refractivity contribution in [3.63, 3.8) is 0 Å². The quantitative estimate of drug-likeness (QED) is 0.756. The molecule has 4 nitrogen and oxygen atoms in total. The van der Waals surface area contributed by atoms with Gasteiger partial charge >= 0.3 is 0 Å². The smallest absolute Gasteiger partial charge is 0.255 e. The Morgan fingerprint density at radius 3 is 2.77 bits per heavy atom. The first-order chi connectivity index (χ1) is 12.6. The van der Waals surface area contributed by atoms with Gasteiger partial charge in [0.1, 0.15) is 11.6 Å². The van der Waals surface area contributed by atoms with E-state index in [1.807, 2.05) is 24.3 Å². The summed E-state index contributed by atoms with van der Waals surface area (Å²) in [7, 11) is 0. The van der Waals surface area contributed by atoms with Gasteiger partial charge in [0, 0.05) is 17.3 Å². The minimum Gasteiger partial charge on any atom is -0.323 e. The van der Waals surface area contributed by atoms with E-state index in [2.05, 4.69) is 34.3 Å². The summed E-state index contributed by atoms with van der Waals surface area (Å²) < 4.78 is 13.3. The number of nitrogens with zero attached hydrogens (tertiary/aromatic N) is 2. The first-order valence-electron chi connectivity index (χ1n) is 8.52. The van der Waals surface area contributed by atoms with Crippen LogP contribution in [-0.4, -0.2) is 16.9 Å². The van der Waals surface area contributed by atoms with Crippen LogP contribution in [0.1, 0.15) is 22.8 Å². The lowest BCUT2D eigenvalue weighted by Gasteiger charge is -2.24. The van der Waals surface area contributed by atoms with E-state index in [0.29, 0.717) is 11.7 Å². The van der Waals surface area contributed by atoms with E-state index in [0.717, 1.165) is 12.2 Å². The van der Waals surface area contributed by atoms with E-state index in [9.17, 15) is 9.18 Å². The highest BCUT2D eigenvalue weighted by molar-refractivity contribution is 6.04. The molecule has 0 bridgehead atoms. The average Bonchev–Trinajstić information content (AvgIpc) is 2.98. The highest BCUT2D eigenvalue weighted by atomic mass is 19.1. The third-order valence-electron chi connectivity index (χ3n) is 4.55. The number of hydrogen-bond acceptors (Lipinski definition) is 3. The summed E-state index contributed by atoms with van der Waals surface area (Å²) in [4.78, 5) is 18.9. The molecule has 0 spiro atoms. The highest BCUT2D eigenvalue weighted by Gasteiger charge is 2.27. The lowest BCUT2D eigenvalue weighted by molar-refractivity contribution is 0.102. The monoisotopic (exact) mass is 347 g/mol. The molecule has 4 rings (SSSR count). The van der Waals surface area contributed by atoms with Crippen LogP contribution in [0.5, 0.6) is 0 Å². The molecule has 0 saturated heterocycles. The predicted octanol–water partition coefficient (Wildman–Crippen LogP) is 4.56. The van der Waals surface area contributed by atoms with Gasteiger partial charge in [0.25, 0.3) is 5.91 Å². The number of rotatable bonds is 3. The molecule has 1 atom stereocenters. The number of carbonyl (C=O) groups is 1. The molecule has 3 aromatic rings. The van der Waals surface area contributed by atoms with Gasteiger partial charge in [-0.2, -0.15) is 0 Å². The summed E-state index contributed by atoms with van der Waals surface area (Å²) in [6.07, 6.45) is 2.61. The molecule has 1 N–H and O–H groups in total. The lowest BCUT2D eigenvalue weighted by atomic mass is 10.1. The average molecular weight is 347 g/mol. The first-order valence-corrected chi connectivity index (χ1v) is 8.52. The number of benzene rings is 2. The van der Waals surface area contributed by atoms with Gasteiger partial charge in [-0.1, -0.05) is 24.3 Å². The van der Waals surface area contributed by atoms with Gasteiger partial charge in [-0.15, -0.1) is 0 Å². The zero-order valence-corrected chi connectivity index (χ0v) is 14.3. The fraction of sp³-hybridized carbons (Fsp3) is 0.143. The Bertz CT molecular complexity index is 955. The molecule has 1 amide bonds. The second-order valence-electron chi connectivity index (χ2n) is 6.42. The van der Waals surface area contributed by atoms with Crippen LogP contribution in [-0.2, 0) is 6.42 Å². The predicted molar refractivity (Wildman–Crippen MR) is 100 cm³/mol. The van der Waals surface area contributed by atoms with Gasteiger partial charge in [0.15, 0.2) is 0 Å². The van der Waals surface area contributed by atoms with Crippen LogP contribution in [0.15, 0.2) is 66.9 Å². The van der Waals surface area contributed by atoms with Crippen molar-refractivity contribution >= 4 is 23.1 Å². The van der Waals surface area contributed by atoms with Gasteiger partial charge < -0.3 is 10.2 Å². The van der Waals surface area contributed by atoms with Crippen LogP contribution >= 0.6 is 0 Å². The summed E-state index contributed by atoms with van der Waals surface area (Å²) in [5, 5.41) is 2.75. The van der Waals surface area contributed by atoms with E-state index in [1.165, 1.54) is 29.4 Å². The van der Waals surface area contributed by atoms with E-state index >= 15 is 0 Å². The van der Waals surface area contributed by atoms with Crippen molar-refractivity contribution in [3.8, 4) is 0 Å². The summed E-state index contributed by atoms with van der Waals surface area (Å²) in [5.41, 5.74) is 3.33. The number of aromatic nitrogens is 1. The van der Waals surface area contributed by atoms with Crippen molar-refractivity contribution in [2.75, 3.05) is 10.2 Å². The maximum absolute atomic E-state index is 13.3. The van der Waals surface area contributed by atoms with Crippen molar-refractivity contribution in [1.29, 1.82) is 0 Å². The van der Waals surface area contributed by atoms with Crippen molar-refractivity contribution in [1.82, 2.24) is 4.98 Å². The normalized spacial score (nSPS) is 15.6. The molecule has 0 aliphatic carbocycles. The fourth-order valence-corrected chi connectivity index (χ4v) is 3.35. The third kappa shape index (κ3) is 3.04. The molecule has 26 heavy (non-hydrogen) atoms. The van der Waals surface area contributed by atoms with E-state index in [-0.39, 0.29) is 11.5 Å². The Morgan fingerprint density at radius 1 is 1.15 bits per heavy atom. The van der Waals surface area contributed by atoms with Crippen molar-refractivity contribution in [2.45, 2.75) is 19.4 Å². The van der Waals surface area contributed by atoms with Crippen molar-refractivity contribution in [2.24, 2.45) is 0 Å². The summed E-state index contributed by atoms with van der Waals surface area (Å²) >= 11 is 0. The molecular formula is C21H18FN3O. The van der Waals surface area contributed by atoms with Crippen LogP contribution in [0.4, 0.5) is 21.6 Å². The second-order valence-corrected chi connectivity index (χ2v) is 6.42. The number of halogens is 1. The minimum atomic E-state index is -0.437. The number of pyridine rings is 1. The number of nitrogens with one attached hydrogen (secondary N) is 1. The van der Waals surface area contributed by atoms with Crippen molar-refractivity contribution in [3.05, 3.63) is 83.8 Å². The number of para-hydroxylation sites is 1. The fourth-order valence-electron chi connectivity index (χ4n) is 3.35. The number of anilines is 3. The summed E-state index contributed by atoms with van der Waals surface area (Å²) in [5.74, 6) is 0.0398. The third-order valence-corrected chi connectivity index (χ3v) is 4.55. The van der Waals surface area contributed by atoms with Crippen molar-refractivity contribution < 1.29 is 9.18 Å². The SMILES string of the molecule is CC1Cc2ccccc2N1c1ccc(NC(=O)c2cccc(F)c2)cn1. The Balaban J connectivity index is 1.53. The molecule has 0 fully saturated rings. The van der Waals surface area contributed by atoms with Crippen LogP contribution in [0.25, 0.3) is 0 Å². The molecule has 1 unspecified atom stereocenters. The van der Waals surface area contributed by atoms with Gasteiger partial charge in [0.2, 0.25) is 0 Å². The maximum Gasteiger partial charge on any atom is 0.255 e. The van der Waals surface area contributed by atoms with E-state index < -0.39 is 5.82 Å². The number of amides is 1. The van der Waals surface area contributed by atoms with Gasteiger partial charge in [-0.25, -0.2) is 9.37 Å². The zero-order chi connectivity index (χ0) is 18.1. The lowest BCUT2D eigenvalue weighted by Crippen LogP contribution is -2.24. The number of carbonyl (C=O) groups excluding carboxylic acids is 1. The molecule has 0 saturated carbocycles. The van der Waals surface area contributed by atoms with Crippen LogP contribution in [0, 0.1) is 5.82 Å². The molecule has 2 aromatic carbocycles. The molecule has 1 aliphatic heterocycles. The second kappa shape index (κ2) is 6.59. The molecule has 5 heteroatoms. The molecule has 0 radical (unpaired) electrons. The highest BCUT2D eigenvalue weighted by Crippen LogP contribution is 2.37. The van der Waals surface area contributed by atoms with Gasteiger partial charge in [0.05, 0.1) is 11.9 Å². The molecule has 1 aliphatic rings. The van der Waals surface area contributed by atoms with Gasteiger partial charge in [-0.05, 0) is 55.3 Å². The minimum absolute atomic E-state index is 0.274. The van der Waals surface area contributed by atoms with Crippen LogP contribution < -0.4 is 10.2 Å². The number of fused-ring (bicyclic) bond motifs is 1. The van der Waals surface area contributed by atoms with Crippen LogP contribution in [0.2, 0.25) is 0 Å². The first kappa shape index (κ1) is 16.3. The molecule has 1 aromatic heterocycles. The van der Waals surface area contributed by atoms with Crippen LogP contribution in [0.3, 0.4) is 0 Å². The summed E-state index contributed by atoms with van der Waals surface area (Å²) in [6.45, 7) is 2.17. The largest absolute Gasteiger partial charge is 0.323 e. The van der Waals surface area contributed by atoms with E-state index in [1.54, 1.807) is 12.3 Å². The molecule has 130 valence electrons. The Labute approximate surface area is 151 Å². The summed E-state index contributed by atoms with van der Waals surface area (Å²) in [6, 6.07) is 17.9. The Hall–Kier alpha value is -3.21. The Morgan fingerprint density at radius 2 is 2.00 bits per heavy atom. The van der Waals surface area contributed by atoms with E-state index in [4.69, 9.17) is 0 Å².